The molecule has 0 spiro atoms. The fourth-order valence-electron chi connectivity index (χ4n) is 2.58. The van der Waals surface area contributed by atoms with Crippen molar-refractivity contribution in [3.63, 3.8) is 0 Å². The van der Waals surface area contributed by atoms with Crippen molar-refractivity contribution >= 4 is 5.95 Å². The number of rotatable bonds is 4. The van der Waals surface area contributed by atoms with Gasteiger partial charge in [-0.15, -0.1) is 0 Å². The second-order valence-electron chi connectivity index (χ2n) is 5.70. The van der Waals surface area contributed by atoms with Gasteiger partial charge in [0.1, 0.15) is 11.8 Å². The van der Waals surface area contributed by atoms with Gasteiger partial charge in [-0.2, -0.15) is 5.26 Å². The number of nitrogens with one attached hydrogen (secondary N) is 1. The standard InChI is InChI=1S/C15H23N5/c1-11(2)20(10-13-6-4-5-7-17-13)15-18-12(3)8-14(9-16)19-15/h8,11,13,17H,4-7,10H2,1-3H3. The van der Waals surface area contributed by atoms with E-state index in [2.05, 4.69) is 40.1 Å². The number of piperidine rings is 1. The second-order valence-corrected chi connectivity index (χ2v) is 5.70. The van der Waals surface area contributed by atoms with E-state index >= 15 is 0 Å². The van der Waals surface area contributed by atoms with Crippen molar-refractivity contribution in [3.8, 4) is 6.07 Å². The fourth-order valence-corrected chi connectivity index (χ4v) is 2.58. The van der Waals surface area contributed by atoms with Crippen LogP contribution >= 0.6 is 0 Å². The SMILES string of the molecule is Cc1cc(C#N)nc(N(CC2CCCCN2)C(C)C)n1. The van der Waals surface area contributed by atoms with Crippen LogP contribution in [0.25, 0.3) is 0 Å². The summed E-state index contributed by atoms with van der Waals surface area (Å²) in [5.74, 6) is 0.670. The quantitative estimate of drug-likeness (QED) is 0.909. The fraction of sp³-hybridized carbons (Fsp3) is 0.667. The molecule has 108 valence electrons. The summed E-state index contributed by atoms with van der Waals surface area (Å²) in [5.41, 5.74) is 1.28. The Hall–Kier alpha value is -1.67. The predicted octanol–water partition coefficient (Wildman–Crippen LogP) is 2.01. The Kier molecular flexibility index (Phi) is 4.91. The molecule has 1 atom stereocenters. The molecular formula is C15H23N5. The average molecular weight is 273 g/mol. The maximum Gasteiger partial charge on any atom is 0.227 e. The first-order chi connectivity index (χ1) is 9.60. The number of hydrogen-bond acceptors (Lipinski definition) is 5. The molecule has 1 aliphatic rings. The zero-order valence-electron chi connectivity index (χ0n) is 12.6. The van der Waals surface area contributed by atoms with Crippen molar-refractivity contribution in [1.29, 1.82) is 5.26 Å². The topological polar surface area (TPSA) is 64.8 Å². The molecule has 0 saturated carbocycles. The van der Waals surface area contributed by atoms with Crippen LogP contribution in [0.5, 0.6) is 0 Å². The van der Waals surface area contributed by atoms with Crippen LogP contribution in [-0.2, 0) is 0 Å². The third-order valence-electron chi connectivity index (χ3n) is 3.67. The minimum absolute atomic E-state index is 0.312. The van der Waals surface area contributed by atoms with Crippen LogP contribution in [0.4, 0.5) is 5.95 Å². The highest BCUT2D eigenvalue weighted by atomic mass is 15.3. The van der Waals surface area contributed by atoms with Crippen LogP contribution in [0.15, 0.2) is 6.07 Å². The van der Waals surface area contributed by atoms with Gasteiger partial charge >= 0.3 is 0 Å². The third-order valence-corrected chi connectivity index (χ3v) is 3.67. The van der Waals surface area contributed by atoms with Gasteiger partial charge in [-0.05, 0) is 46.2 Å². The summed E-state index contributed by atoms with van der Waals surface area (Å²) in [6.07, 6.45) is 3.74. The van der Waals surface area contributed by atoms with E-state index in [1.807, 2.05) is 6.92 Å². The van der Waals surface area contributed by atoms with Gasteiger partial charge in [-0.3, -0.25) is 0 Å². The molecule has 1 aromatic rings. The van der Waals surface area contributed by atoms with Gasteiger partial charge in [0, 0.05) is 24.3 Å². The van der Waals surface area contributed by atoms with E-state index in [4.69, 9.17) is 5.26 Å². The van der Waals surface area contributed by atoms with E-state index in [0.29, 0.717) is 23.7 Å². The molecular weight excluding hydrogens is 250 g/mol. The first-order valence-corrected chi connectivity index (χ1v) is 7.36. The van der Waals surface area contributed by atoms with Gasteiger partial charge in [0.05, 0.1) is 0 Å². The molecule has 5 nitrogen and oxygen atoms in total. The largest absolute Gasteiger partial charge is 0.337 e. The minimum atomic E-state index is 0.312. The van der Waals surface area contributed by atoms with E-state index < -0.39 is 0 Å². The number of anilines is 1. The Labute approximate surface area is 121 Å². The summed E-state index contributed by atoms with van der Waals surface area (Å²) in [7, 11) is 0. The van der Waals surface area contributed by atoms with E-state index in [9.17, 15) is 0 Å². The molecule has 1 aromatic heterocycles. The molecule has 1 fully saturated rings. The zero-order valence-corrected chi connectivity index (χ0v) is 12.6. The number of aryl methyl sites for hydroxylation is 1. The molecule has 0 radical (unpaired) electrons. The van der Waals surface area contributed by atoms with Crippen molar-refractivity contribution in [2.45, 2.75) is 52.1 Å². The van der Waals surface area contributed by atoms with Crippen LogP contribution in [-0.4, -0.2) is 35.1 Å². The summed E-state index contributed by atoms with van der Waals surface area (Å²) >= 11 is 0. The van der Waals surface area contributed by atoms with Crippen LogP contribution in [0, 0.1) is 18.3 Å². The van der Waals surface area contributed by atoms with E-state index in [-0.39, 0.29) is 0 Å². The second kappa shape index (κ2) is 6.67. The highest BCUT2D eigenvalue weighted by molar-refractivity contribution is 5.37. The van der Waals surface area contributed by atoms with Crippen LogP contribution in [0.3, 0.4) is 0 Å². The molecule has 1 saturated heterocycles. The normalized spacial score (nSPS) is 18.9. The molecule has 1 unspecified atom stereocenters. The molecule has 20 heavy (non-hydrogen) atoms. The molecule has 0 aliphatic carbocycles. The van der Waals surface area contributed by atoms with E-state index in [1.165, 1.54) is 19.3 Å². The van der Waals surface area contributed by atoms with Crippen molar-refractivity contribution in [2.75, 3.05) is 18.0 Å². The number of aromatic nitrogens is 2. The average Bonchev–Trinajstić information content (AvgIpc) is 2.44. The highest BCUT2D eigenvalue weighted by Crippen LogP contribution is 2.16. The summed E-state index contributed by atoms with van der Waals surface area (Å²) in [4.78, 5) is 11.1. The van der Waals surface area contributed by atoms with Crippen LogP contribution in [0.1, 0.15) is 44.5 Å². The summed E-state index contributed by atoms with van der Waals surface area (Å²) in [6, 6.07) is 4.63. The molecule has 0 amide bonds. The Morgan fingerprint density at radius 1 is 1.45 bits per heavy atom. The first-order valence-electron chi connectivity index (χ1n) is 7.36. The molecule has 1 aliphatic heterocycles. The molecule has 5 heteroatoms. The summed E-state index contributed by atoms with van der Waals surface area (Å²) < 4.78 is 0. The van der Waals surface area contributed by atoms with Crippen molar-refractivity contribution in [3.05, 3.63) is 17.5 Å². The first kappa shape index (κ1) is 14.7. The molecule has 2 heterocycles. The maximum atomic E-state index is 9.06. The van der Waals surface area contributed by atoms with Gasteiger partial charge < -0.3 is 10.2 Å². The van der Waals surface area contributed by atoms with Crippen molar-refractivity contribution in [2.24, 2.45) is 0 Å². The Balaban J connectivity index is 2.19. The van der Waals surface area contributed by atoms with Crippen molar-refractivity contribution < 1.29 is 0 Å². The minimum Gasteiger partial charge on any atom is -0.337 e. The number of nitrogens with zero attached hydrogens (tertiary/aromatic N) is 4. The maximum absolute atomic E-state index is 9.06. The molecule has 1 N–H and O–H groups in total. The Morgan fingerprint density at radius 3 is 2.85 bits per heavy atom. The van der Waals surface area contributed by atoms with Crippen molar-refractivity contribution in [1.82, 2.24) is 15.3 Å². The zero-order chi connectivity index (χ0) is 14.5. The lowest BCUT2D eigenvalue weighted by Gasteiger charge is -2.33. The highest BCUT2D eigenvalue weighted by Gasteiger charge is 2.21. The molecule has 2 rings (SSSR count). The number of hydrogen-bond donors (Lipinski definition) is 1. The lowest BCUT2D eigenvalue weighted by atomic mass is 10.0. The monoisotopic (exact) mass is 273 g/mol. The Bertz CT molecular complexity index is 486. The van der Waals surface area contributed by atoms with Gasteiger partial charge in [0.2, 0.25) is 5.95 Å². The number of nitriles is 1. The molecule has 0 bridgehead atoms. The van der Waals surface area contributed by atoms with Gasteiger partial charge in [-0.25, -0.2) is 9.97 Å². The van der Waals surface area contributed by atoms with Crippen LogP contribution < -0.4 is 10.2 Å². The predicted molar refractivity (Wildman–Crippen MR) is 79.6 cm³/mol. The van der Waals surface area contributed by atoms with Gasteiger partial charge in [-0.1, -0.05) is 6.42 Å². The molecule has 0 aromatic carbocycles. The lowest BCUT2D eigenvalue weighted by molar-refractivity contribution is 0.391. The summed E-state index contributed by atoms with van der Waals surface area (Å²) in [6.45, 7) is 8.17. The smallest absolute Gasteiger partial charge is 0.227 e. The van der Waals surface area contributed by atoms with Gasteiger partial charge in [0.15, 0.2) is 0 Å². The Morgan fingerprint density at radius 2 is 2.25 bits per heavy atom. The van der Waals surface area contributed by atoms with E-state index in [0.717, 1.165) is 18.8 Å². The lowest BCUT2D eigenvalue weighted by Crippen LogP contribution is -2.46. The van der Waals surface area contributed by atoms with E-state index in [1.54, 1.807) is 6.07 Å². The summed E-state index contributed by atoms with van der Waals surface area (Å²) in [5, 5.41) is 12.6. The van der Waals surface area contributed by atoms with Gasteiger partial charge in [0.25, 0.3) is 0 Å². The van der Waals surface area contributed by atoms with Crippen LogP contribution in [0.2, 0.25) is 0 Å². The third kappa shape index (κ3) is 3.67.